The molecular weight excluding hydrogens is 176 g/mol. The quantitative estimate of drug-likeness (QED) is 0.495. The molecule has 0 saturated carbocycles. The van der Waals surface area contributed by atoms with Crippen molar-refractivity contribution in [3.63, 3.8) is 0 Å². The second kappa shape index (κ2) is 4.18. The topological polar surface area (TPSA) is 34.1 Å². The van der Waals surface area contributed by atoms with Gasteiger partial charge in [-0.05, 0) is 39.3 Å². The zero-order valence-corrected chi connectivity index (χ0v) is 8.76. The van der Waals surface area contributed by atoms with E-state index in [2.05, 4.69) is 0 Å². The molecule has 0 aromatic heterocycles. The number of allylic oxidation sites excluding steroid dienone is 6. The highest BCUT2D eigenvalue weighted by atomic mass is 16.1. The molecule has 1 aliphatic rings. The molecule has 0 atom stereocenters. The molecule has 0 amide bonds. The van der Waals surface area contributed by atoms with Gasteiger partial charge < -0.3 is 0 Å². The molecule has 1 rings (SSSR count). The van der Waals surface area contributed by atoms with Crippen molar-refractivity contribution >= 4 is 11.6 Å². The summed E-state index contributed by atoms with van der Waals surface area (Å²) in [5.74, 6) is -0.0960. The van der Waals surface area contributed by atoms with Gasteiger partial charge in [-0.2, -0.15) is 0 Å². The summed E-state index contributed by atoms with van der Waals surface area (Å²) in [6.45, 7) is 5.60. The van der Waals surface area contributed by atoms with Gasteiger partial charge in [0.25, 0.3) is 0 Å². The third kappa shape index (κ3) is 2.52. The van der Waals surface area contributed by atoms with Crippen molar-refractivity contribution in [2.24, 2.45) is 0 Å². The van der Waals surface area contributed by atoms with Gasteiger partial charge >= 0.3 is 0 Å². The van der Waals surface area contributed by atoms with E-state index in [4.69, 9.17) is 0 Å². The Bertz CT molecular complexity index is 364. The van der Waals surface area contributed by atoms with E-state index in [1.165, 1.54) is 12.2 Å². The summed E-state index contributed by atoms with van der Waals surface area (Å²) < 4.78 is 0. The van der Waals surface area contributed by atoms with Crippen LogP contribution in [0.1, 0.15) is 27.2 Å². The van der Waals surface area contributed by atoms with E-state index in [0.717, 1.165) is 5.57 Å². The molecule has 2 nitrogen and oxygen atoms in total. The molecule has 14 heavy (non-hydrogen) atoms. The number of hydrogen-bond donors (Lipinski definition) is 0. The summed E-state index contributed by atoms with van der Waals surface area (Å²) >= 11 is 0. The molecule has 0 radical (unpaired) electrons. The van der Waals surface area contributed by atoms with Crippen LogP contribution in [-0.4, -0.2) is 11.6 Å². The Labute approximate surface area is 84.0 Å². The van der Waals surface area contributed by atoms with Crippen molar-refractivity contribution in [2.45, 2.75) is 27.2 Å². The lowest BCUT2D eigenvalue weighted by atomic mass is 9.95. The summed E-state index contributed by atoms with van der Waals surface area (Å²) in [5, 5.41) is 0. The van der Waals surface area contributed by atoms with Crippen LogP contribution in [0.3, 0.4) is 0 Å². The standard InChI is InChI=1S/C12H14O2/c1-8(2)4-5-10-7-11(13)9(3)6-12(10)14/h4,6-7H,5H2,1-3H3. The Morgan fingerprint density at radius 2 is 1.86 bits per heavy atom. The van der Waals surface area contributed by atoms with Crippen molar-refractivity contribution in [3.8, 4) is 0 Å². The normalized spacial score (nSPS) is 16.2. The molecule has 0 heterocycles. The lowest BCUT2D eigenvalue weighted by Crippen LogP contribution is -2.11. The van der Waals surface area contributed by atoms with Crippen LogP contribution in [-0.2, 0) is 9.59 Å². The molecule has 0 fully saturated rings. The fraction of sp³-hybridized carbons (Fsp3) is 0.333. The SMILES string of the molecule is CC(C)=CCC1=CC(=O)C(C)=CC1=O. The van der Waals surface area contributed by atoms with Gasteiger partial charge in [0.2, 0.25) is 0 Å². The van der Waals surface area contributed by atoms with Gasteiger partial charge in [-0.25, -0.2) is 0 Å². The summed E-state index contributed by atoms with van der Waals surface area (Å²) in [7, 11) is 0. The molecule has 0 spiro atoms. The van der Waals surface area contributed by atoms with Crippen LogP contribution in [0.15, 0.2) is 34.9 Å². The molecular formula is C12H14O2. The van der Waals surface area contributed by atoms with Gasteiger partial charge in [0, 0.05) is 11.1 Å². The average molecular weight is 190 g/mol. The zero-order chi connectivity index (χ0) is 10.7. The van der Waals surface area contributed by atoms with Gasteiger partial charge in [-0.3, -0.25) is 9.59 Å². The molecule has 0 saturated heterocycles. The molecule has 0 N–H and O–H groups in total. The first kappa shape index (κ1) is 10.6. The van der Waals surface area contributed by atoms with Crippen molar-refractivity contribution in [3.05, 3.63) is 34.9 Å². The molecule has 1 aliphatic carbocycles. The first-order chi connectivity index (χ1) is 6.50. The van der Waals surface area contributed by atoms with Gasteiger partial charge in [0.1, 0.15) is 0 Å². The third-order valence-corrected chi connectivity index (χ3v) is 2.09. The van der Waals surface area contributed by atoms with E-state index in [9.17, 15) is 9.59 Å². The van der Waals surface area contributed by atoms with Crippen molar-refractivity contribution < 1.29 is 9.59 Å². The lowest BCUT2D eigenvalue weighted by molar-refractivity contribution is -0.115. The second-order valence-electron chi connectivity index (χ2n) is 3.71. The first-order valence-corrected chi connectivity index (χ1v) is 4.61. The van der Waals surface area contributed by atoms with E-state index in [1.807, 2.05) is 19.9 Å². The highest BCUT2D eigenvalue weighted by Crippen LogP contribution is 2.15. The van der Waals surface area contributed by atoms with Crippen LogP contribution in [0.4, 0.5) is 0 Å². The Hall–Kier alpha value is -1.44. The van der Waals surface area contributed by atoms with Crippen molar-refractivity contribution in [2.75, 3.05) is 0 Å². The van der Waals surface area contributed by atoms with E-state index in [1.54, 1.807) is 6.92 Å². The summed E-state index contributed by atoms with van der Waals surface area (Å²) in [6.07, 6.45) is 5.36. The van der Waals surface area contributed by atoms with Crippen molar-refractivity contribution in [1.82, 2.24) is 0 Å². The summed E-state index contributed by atoms with van der Waals surface area (Å²) in [4.78, 5) is 22.7. The van der Waals surface area contributed by atoms with Crippen molar-refractivity contribution in [1.29, 1.82) is 0 Å². The monoisotopic (exact) mass is 190 g/mol. The van der Waals surface area contributed by atoms with E-state index in [0.29, 0.717) is 17.6 Å². The number of carbonyl (C=O) groups is 2. The minimum absolute atomic E-state index is 0.0420. The Morgan fingerprint density at radius 1 is 1.21 bits per heavy atom. The zero-order valence-electron chi connectivity index (χ0n) is 8.76. The van der Waals surface area contributed by atoms with Crippen LogP contribution < -0.4 is 0 Å². The Balaban J connectivity index is 2.82. The van der Waals surface area contributed by atoms with Gasteiger partial charge in [-0.15, -0.1) is 0 Å². The molecule has 0 aromatic rings. The van der Waals surface area contributed by atoms with E-state index >= 15 is 0 Å². The number of ketones is 2. The minimum Gasteiger partial charge on any atom is -0.290 e. The van der Waals surface area contributed by atoms with Crippen LogP contribution >= 0.6 is 0 Å². The van der Waals surface area contributed by atoms with Crippen LogP contribution in [0, 0.1) is 0 Å². The third-order valence-electron chi connectivity index (χ3n) is 2.09. The highest BCUT2D eigenvalue weighted by Gasteiger charge is 2.15. The number of hydrogen-bond acceptors (Lipinski definition) is 2. The molecule has 0 aliphatic heterocycles. The van der Waals surface area contributed by atoms with E-state index < -0.39 is 0 Å². The second-order valence-corrected chi connectivity index (χ2v) is 3.71. The predicted octanol–water partition coefficient (Wildman–Crippen LogP) is 2.37. The molecule has 0 bridgehead atoms. The number of carbonyl (C=O) groups excluding carboxylic acids is 2. The van der Waals surface area contributed by atoms with Crippen LogP contribution in [0.5, 0.6) is 0 Å². The van der Waals surface area contributed by atoms with Crippen LogP contribution in [0.25, 0.3) is 0 Å². The predicted molar refractivity (Wildman–Crippen MR) is 55.9 cm³/mol. The Morgan fingerprint density at radius 3 is 2.43 bits per heavy atom. The fourth-order valence-electron chi connectivity index (χ4n) is 1.18. The van der Waals surface area contributed by atoms with Gasteiger partial charge in [-0.1, -0.05) is 11.6 Å². The summed E-state index contributed by atoms with van der Waals surface area (Å²) in [6, 6.07) is 0. The van der Waals surface area contributed by atoms with Gasteiger partial charge in [0.05, 0.1) is 0 Å². The maximum Gasteiger partial charge on any atom is 0.182 e. The maximum atomic E-state index is 11.4. The highest BCUT2D eigenvalue weighted by molar-refractivity contribution is 6.19. The Kier molecular flexibility index (Phi) is 3.18. The number of rotatable bonds is 2. The lowest BCUT2D eigenvalue weighted by Gasteiger charge is -2.07. The molecule has 2 heteroatoms. The molecule has 0 aromatic carbocycles. The molecule has 0 unspecified atom stereocenters. The molecule has 74 valence electrons. The van der Waals surface area contributed by atoms with Gasteiger partial charge in [0.15, 0.2) is 11.6 Å². The average Bonchev–Trinajstić information content (AvgIpc) is 2.09. The fourth-order valence-corrected chi connectivity index (χ4v) is 1.18. The largest absolute Gasteiger partial charge is 0.290 e. The first-order valence-electron chi connectivity index (χ1n) is 4.61. The summed E-state index contributed by atoms with van der Waals surface area (Å²) in [5.41, 5.74) is 2.26. The smallest absolute Gasteiger partial charge is 0.182 e. The minimum atomic E-state index is -0.0539. The van der Waals surface area contributed by atoms with Crippen LogP contribution in [0.2, 0.25) is 0 Å². The maximum absolute atomic E-state index is 11.4. The van der Waals surface area contributed by atoms with E-state index in [-0.39, 0.29) is 11.6 Å².